The summed E-state index contributed by atoms with van der Waals surface area (Å²) in [5.41, 5.74) is 0. The van der Waals surface area contributed by atoms with Crippen molar-refractivity contribution < 1.29 is 8.42 Å². The lowest BCUT2D eigenvalue weighted by atomic mass is 9.84. The summed E-state index contributed by atoms with van der Waals surface area (Å²) < 4.78 is 24.8. The van der Waals surface area contributed by atoms with Crippen molar-refractivity contribution in [3.05, 3.63) is 0 Å². The molecule has 0 aliphatic heterocycles. The minimum atomic E-state index is -3.03. The van der Waals surface area contributed by atoms with Gasteiger partial charge in [-0.25, -0.2) is 13.1 Å². The van der Waals surface area contributed by atoms with E-state index >= 15 is 0 Å². The second kappa shape index (κ2) is 7.34. The Morgan fingerprint density at radius 1 is 1.24 bits per heavy atom. The lowest BCUT2D eigenvalue weighted by molar-refractivity contribution is 0.282. The van der Waals surface area contributed by atoms with Gasteiger partial charge in [-0.1, -0.05) is 19.3 Å². The zero-order valence-corrected chi connectivity index (χ0v) is 11.9. The van der Waals surface area contributed by atoms with Gasteiger partial charge >= 0.3 is 0 Å². The Labute approximate surface area is 106 Å². The van der Waals surface area contributed by atoms with E-state index in [-0.39, 0.29) is 5.75 Å². The standard InChI is InChI=1S/C12H26N2O2S/c1-11(12-7-4-3-5-8-12)14-9-6-10-17(15,16)13-2/h11-14H,3-10H2,1-2H3/t11-/m1/s1. The van der Waals surface area contributed by atoms with Crippen LogP contribution in [0.4, 0.5) is 0 Å². The second-order valence-corrected chi connectivity index (χ2v) is 7.06. The van der Waals surface area contributed by atoms with Gasteiger partial charge < -0.3 is 5.32 Å². The number of rotatable bonds is 7. The molecule has 1 atom stereocenters. The van der Waals surface area contributed by atoms with Crippen molar-refractivity contribution >= 4 is 10.0 Å². The molecule has 0 spiro atoms. The Hall–Kier alpha value is -0.130. The maximum atomic E-state index is 11.2. The van der Waals surface area contributed by atoms with E-state index in [1.54, 1.807) is 0 Å². The molecule has 17 heavy (non-hydrogen) atoms. The highest BCUT2D eigenvalue weighted by Crippen LogP contribution is 2.26. The molecule has 0 unspecified atom stereocenters. The van der Waals surface area contributed by atoms with E-state index in [0.717, 1.165) is 12.5 Å². The fourth-order valence-electron chi connectivity index (χ4n) is 2.49. The van der Waals surface area contributed by atoms with Gasteiger partial charge in [-0.05, 0) is 45.7 Å². The first kappa shape index (κ1) is 14.9. The van der Waals surface area contributed by atoms with Gasteiger partial charge in [0.1, 0.15) is 0 Å². The molecule has 0 heterocycles. The van der Waals surface area contributed by atoms with Gasteiger partial charge in [0, 0.05) is 6.04 Å². The zero-order valence-electron chi connectivity index (χ0n) is 11.0. The van der Waals surface area contributed by atoms with E-state index in [1.165, 1.54) is 39.2 Å². The van der Waals surface area contributed by atoms with E-state index in [9.17, 15) is 8.42 Å². The molecule has 1 aliphatic rings. The van der Waals surface area contributed by atoms with Crippen molar-refractivity contribution in [3.8, 4) is 0 Å². The van der Waals surface area contributed by atoms with Gasteiger partial charge in [-0.2, -0.15) is 0 Å². The maximum Gasteiger partial charge on any atom is 0.211 e. The first-order valence-corrected chi connectivity index (χ1v) is 8.35. The molecule has 0 amide bonds. The molecule has 0 bridgehead atoms. The van der Waals surface area contributed by atoms with E-state index < -0.39 is 10.0 Å². The minimum Gasteiger partial charge on any atom is -0.314 e. The fourth-order valence-corrected chi connectivity index (χ4v) is 3.22. The molecule has 0 aromatic heterocycles. The topological polar surface area (TPSA) is 58.2 Å². The average molecular weight is 262 g/mol. The van der Waals surface area contributed by atoms with Crippen molar-refractivity contribution in [1.29, 1.82) is 0 Å². The molecule has 1 rings (SSSR count). The van der Waals surface area contributed by atoms with Crippen LogP contribution in [0.2, 0.25) is 0 Å². The number of sulfonamides is 1. The van der Waals surface area contributed by atoms with Crippen LogP contribution in [0.15, 0.2) is 0 Å². The predicted octanol–water partition coefficient (Wildman–Crippen LogP) is 1.48. The molecule has 102 valence electrons. The van der Waals surface area contributed by atoms with Crippen LogP contribution >= 0.6 is 0 Å². The van der Waals surface area contributed by atoms with Gasteiger partial charge in [-0.15, -0.1) is 0 Å². The molecule has 4 nitrogen and oxygen atoms in total. The summed E-state index contributed by atoms with van der Waals surface area (Å²) in [5, 5.41) is 3.46. The third-order valence-corrected chi connectivity index (χ3v) is 5.17. The SMILES string of the molecule is CNS(=O)(=O)CCCN[C@H](C)C1CCCCC1. The van der Waals surface area contributed by atoms with Crippen molar-refractivity contribution in [2.75, 3.05) is 19.3 Å². The van der Waals surface area contributed by atoms with E-state index in [4.69, 9.17) is 0 Å². The van der Waals surface area contributed by atoms with Crippen LogP contribution in [-0.4, -0.2) is 33.8 Å². The van der Waals surface area contributed by atoms with Crippen molar-refractivity contribution in [2.24, 2.45) is 5.92 Å². The quantitative estimate of drug-likeness (QED) is 0.683. The molecular formula is C12H26N2O2S. The smallest absolute Gasteiger partial charge is 0.211 e. The summed E-state index contributed by atoms with van der Waals surface area (Å²) in [6.07, 6.45) is 7.41. The monoisotopic (exact) mass is 262 g/mol. The van der Waals surface area contributed by atoms with E-state index in [0.29, 0.717) is 12.5 Å². The molecule has 0 radical (unpaired) electrons. The van der Waals surface area contributed by atoms with Crippen LogP contribution in [0.1, 0.15) is 45.4 Å². The van der Waals surface area contributed by atoms with Crippen LogP contribution in [-0.2, 0) is 10.0 Å². The van der Waals surface area contributed by atoms with Crippen LogP contribution in [0.25, 0.3) is 0 Å². The molecule has 0 saturated heterocycles. The highest BCUT2D eigenvalue weighted by Gasteiger charge is 2.19. The summed E-state index contributed by atoms with van der Waals surface area (Å²) in [6.45, 7) is 3.02. The van der Waals surface area contributed by atoms with E-state index in [1.807, 2.05) is 0 Å². The third-order valence-electron chi connectivity index (χ3n) is 3.72. The first-order chi connectivity index (χ1) is 8.05. The molecular weight excluding hydrogens is 236 g/mol. The Bertz CT molecular complexity index is 298. The summed E-state index contributed by atoms with van der Waals surface area (Å²) >= 11 is 0. The highest BCUT2D eigenvalue weighted by atomic mass is 32.2. The molecule has 0 aromatic carbocycles. The summed E-state index contributed by atoms with van der Waals surface area (Å²) in [6, 6.07) is 0.521. The lowest BCUT2D eigenvalue weighted by Crippen LogP contribution is -2.36. The van der Waals surface area contributed by atoms with Crippen LogP contribution in [0, 0.1) is 5.92 Å². The zero-order chi connectivity index (χ0) is 12.7. The summed E-state index contributed by atoms with van der Waals surface area (Å²) in [5.74, 6) is 0.998. The van der Waals surface area contributed by atoms with Crippen LogP contribution < -0.4 is 10.0 Å². The van der Waals surface area contributed by atoms with Crippen molar-refractivity contribution in [2.45, 2.75) is 51.5 Å². The summed E-state index contributed by atoms with van der Waals surface area (Å²) in [4.78, 5) is 0. The lowest BCUT2D eigenvalue weighted by Gasteiger charge is -2.28. The number of hydrogen-bond acceptors (Lipinski definition) is 3. The molecule has 1 saturated carbocycles. The normalized spacial score (nSPS) is 20.4. The van der Waals surface area contributed by atoms with Crippen LogP contribution in [0.5, 0.6) is 0 Å². The van der Waals surface area contributed by atoms with Gasteiger partial charge in [0.2, 0.25) is 10.0 Å². The molecule has 2 N–H and O–H groups in total. The van der Waals surface area contributed by atoms with Gasteiger partial charge in [-0.3, -0.25) is 0 Å². The molecule has 1 aliphatic carbocycles. The Kier molecular flexibility index (Phi) is 6.44. The number of nitrogens with one attached hydrogen (secondary N) is 2. The van der Waals surface area contributed by atoms with Gasteiger partial charge in [0.15, 0.2) is 0 Å². The van der Waals surface area contributed by atoms with Gasteiger partial charge in [0.25, 0.3) is 0 Å². The highest BCUT2D eigenvalue weighted by molar-refractivity contribution is 7.89. The third kappa shape index (κ3) is 5.84. The predicted molar refractivity (Wildman–Crippen MR) is 71.5 cm³/mol. The van der Waals surface area contributed by atoms with E-state index in [2.05, 4.69) is 17.0 Å². The second-order valence-electron chi connectivity index (χ2n) is 5.02. The average Bonchev–Trinajstić information content (AvgIpc) is 2.35. The first-order valence-electron chi connectivity index (χ1n) is 6.70. The van der Waals surface area contributed by atoms with Gasteiger partial charge in [0.05, 0.1) is 5.75 Å². The largest absolute Gasteiger partial charge is 0.314 e. The van der Waals surface area contributed by atoms with Crippen LogP contribution in [0.3, 0.4) is 0 Å². The Balaban J connectivity index is 2.13. The fraction of sp³-hybridized carbons (Fsp3) is 1.00. The van der Waals surface area contributed by atoms with Crippen molar-refractivity contribution in [3.63, 3.8) is 0 Å². The summed E-state index contributed by atoms with van der Waals surface area (Å²) in [7, 11) is -1.57. The number of hydrogen-bond donors (Lipinski definition) is 2. The minimum absolute atomic E-state index is 0.216. The molecule has 0 aromatic rings. The Morgan fingerprint density at radius 2 is 1.88 bits per heavy atom. The Morgan fingerprint density at radius 3 is 2.47 bits per heavy atom. The molecule has 1 fully saturated rings. The molecule has 5 heteroatoms. The van der Waals surface area contributed by atoms with Crippen molar-refractivity contribution in [1.82, 2.24) is 10.0 Å². The maximum absolute atomic E-state index is 11.2.